The van der Waals surface area contributed by atoms with Gasteiger partial charge in [-0.25, -0.2) is 14.1 Å². The molecule has 0 saturated heterocycles. The standard InChI is InChI=1S/C21H25FN4O3/c22-10-13-27-14-15-28-16-17-29-20-5-4-19(18-23-20)6-9-21(7-2-1-3-8-21)26-12-11-24-25-26/h1-7,9,11-12,18H,8,10,13-17H2/b9-6+. The van der Waals surface area contributed by atoms with Gasteiger partial charge in [-0.3, -0.25) is 0 Å². The normalized spacial score (nSPS) is 18.5. The van der Waals surface area contributed by atoms with Crippen LogP contribution in [0.3, 0.4) is 0 Å². The van der Waals surface area contributed by atoms with E-state index in [4.69, 9.17) is 14.2 Å². The van der Waals surface area contributed by atoms with Gasteiger partial charge in [0.25, 0.3) is 0 Å². The first-order valence-electron chi connectivity index (χ1n) is 9.53. The van der Waals surface area contributed by atoms with Gasteiger partial charge in [0.2, 0.25) is 5.88 Å². The Morgan fingerprint density at radius 2 is 1.97 bits per heavy atom. The molecule has 8 heteroatoms. The summed E-state index contributed by atoms with van der Waals surface area (Å²) in [5.41, 5.74) is 0.590. The summed E-state index contributed by atoms with van der Waals surface area (Å²) in [6, 6.07) is 3.77. The SMILES string of the molecule is FCCOCCOCCOc1ccc(/C=C/C2(n3ccnn3)C=CC=CC2)cn1. The van der Waals surface area contributed by atoms with Gasteiger partial charge in [-0.1, -0.05) is 41.7 Å². The molecule has 0 N–H and O–H groups in total. The summed E-state index contributed by atoms with van der Waals surface area (Å²) in [6.07, 6.45) is 18.5. The van der Waals surface area contributed by atoms with Crippen molar-refractivity contribution in [3.8, 4) is 5.88 Å². The van der Waals surface area contributed by atoms with Gasteiger partial charge in [-0.15, -0.1) is 5.10 Å². The Labute approximate surface area is 169 Å². The quantitative estimate of drug-likeness (QED) is 0.510. The summed E-state index contributed by atoms with van der Waals surface area (Å²) in [6.45, 7) is 1.23. The average molecular weight is 400 g/mol. The summed E-state index contributed by atoms with van der Waals surface area (Å²) in [7, 11) is 0. The second kappa shape index (κ2) is 11.2. The molecule has 0 radical (unpaired) electrons. The molecule has 0 aromatic carbocycles. The highest BCUT2D eigenvalue weighted by atomic mass is 19.1. The van der Waals surface area contributed by atoms with Crippen LogP contribution >= 0.6 is 0 Å². The maximum absolute atomic E-state index is 11.9. The molecule has 3 rings (SSSR count). The Bertz CT molecular complexity index is 806. The Hall–Kier alpha value is -2.84. The Balaban J connectivity index is 1.47. The lowest BCUT2D eigenvalue weighted by molar-refractivity contribution is 0.0320. The smallest absolute Gasteiger partial charge is 0.213 e. The first-order chi connectivity index (χ1) is 14.3. The van der Waals surface area contributed by atoms with E-state index in [2.05, 4.69) is 33.5 Å². The zero-order valence-electron chi connectivity index (χ0n) is 16.2. The van der Waals surface area contributed by atoms with E-state index in [9.17, 15) is 4.39 Å². The number of hydrogen-bond donors (Lipinski definition) is 0. The van der Waals surface area contributed by atoms with Crippen molar-refractivity contribution in [1.29, 1.82) is 0 Å². The predicted molar refractivity (Wildman–Crippen MR) is 107 cm³/mol. The first kappa shape index (κ1) is 20.9. The van der Waals surface area contributed by atoms with E-state index in [1.54, 1.807) is 12.4 Å². The Kier molecular flexibility index (Phi) is 8.09. The van der Waals surface area contributed by atoms with Gasteiger partial charge in [0.15, 0.2) is 0 Å². The maximum atomic E-state index is 11.9. The third-order valence-corrected chi connectivity index (χ3v) is 4.32. The Morgan fingerprint density at radius 3 is 2.66 bits per heavy atom. The van der Waals surface area contributed by atoms with E-state index >= 15 is 0 Å². The van der Waals surface area contributed by atoms with Crippen LogP contribution in [0, 0.1) is 0 Å². The summed E-state index contributed by atoms with van der Waals surface area (Å²) in [5, 5.41) is 8.10. The van der Waals surface area contributed by atoms with Gasteiger partial charge in [-0.2, -0.15) is 0 Å². The third-order valence-electron chi connectivity index (χ3n) is 4.32. The third kappa shape index (κ3) is 6.33. The fraction of sp³-hybridized carbons (Fsp3) is 0.381. The molecule has 0 saturated carbocycles. The zero-order chi connectivity index (χ0) is 20.2. The second-order valence-corrected chi connectivity index (χ2v) is 6.36. The predicted octanol–water partition coefficient (Wildman–Crippen LogP) is 2.98. The summed E-state index contributed by atoms with van der Waals surface area (Å²) in [5.74, 6) is 0.533. The minimum atomic E-state index is -0.477. The first-order valence-corrected chi connectivity index (χ1v) is 9.53. The minimum absolute atomic E-state index is 0.109. The number of hydrogen-bond acceptors (Lipinski definition) is 6. The largest absolute Gasteiger partial charge is 0.475 e. The van der Waals surface area contributed by atoms with E-state index in [0.717, 1.165) is 12.0 Å². The number of rotatable bonds is 12. The lowest BCUT2D eigenvalue weighted by Crippen LogP contribution is -2.30. The van der Waals surface area contributed by atoms with Crippen LogP contribution in [0.4, 0.5) is 4.39 Å². The Morgan fingerprint density at radius 1 is 1.10 bits per heavy atom. The lowest BCUT2D eigenvalue weighted by Gasteiger charge is -2.27. The molecular formula is C21H25FN4O3. The van der Waals surface area contributed by atoms with E-state index in [1.807, 2.05) is 41.2 Å². The molecule has 1 aliphatic carbocycles. The highest BCUT2D eigenvalue weighted by molar-refractivity contribution is 5.51. The van der Waals surface area contributed by atoms with Gasteiger partial charge in [0.05, 0.1) is 32.6 Å². The van der Waals surface area contributed by atoms with E-state index < -0.39 is 6.67 Å². The summed E-state index contributed by atoms with van der Waals surface area (Å²) in [4.78, 5) is 4.32. The van der Waals surface area contributed by atoms with Gasteiger partial charge in [0, 0.05) is 18.5 Å². The number of alkyl halides is 1. The van der Waals surface area contributed by atoms with Gasteiger partial charge in [0.1, 0.15) is 18.8 Å². The molecule has 7 nitrogen and oxygen atoms in total. The van der Waals surface area contributed by atoms with Crippen molar-refractivity contribution in [3.63, 3.8) is 0 Å². The number of halogens is 1. The van der Waals surface area contributed by atoms with E-state index in [0.29, 0.717) is 32.3 Å². The highest BCUT2D eigenvalue weighted by Gasteiger charge is 2.26. The molecule has 0 fully saturated rings. The van der Waals surface area contributed by atoms with Crippen molar-refractivity contribution >= 4 is 6.08 Å². The maximum Gasteiger partial charge on any atom is 0.213 e. The molecule has 1 unspecified atom stereocenters. The van der Waals surface area contributed by atoms with Gasteiger partial charge < -0.3 is 14.2 Å². The molecule has 0 spiro atoms. The zero-order valence-corrected chi connectivity index (χ0v) is 16.2. The van der Waals surface area contributed by atoms with Crippen LogP contribution in [-0.4, -0.2) is 59.7 Å². The fourth-order valence-electron chi connectivity index (χ4n) is 2.82. The average Bonchev–Trinajstić information content (AvgIpc) is 3.31. The molecule has 0 aliphatic heterocycles. The van der Waals surface area contributed by atoms with Crippen LogP contribution in [0.25, 0.3) is 6.08 Å². The van der Waals surface area contributed by atoms with Crippen molar-refractivity contribution in [1.82, 2.24) is 20.0 Å². The monoisotopic (exact) mass is 400 g/mol. The van der Waals surface area contributed by atoms with Crippen molar-refractivity contribution in [2.24, 2.45) is 0 Å². The van der Waals surface area contributed by atoms with Crippen LogP contribution < -0.4 is 4.74 Å². The molecule has 2 aromatic rings. The molecular weight excluding hydrogens is 375 g/mol. The number of aromatic nitrogens is 4. The van der Waals surface area contributed by atoms with Crippen LogP contribution in [0.5, 0.6) is 5.88 Å². The van der Waals surface area contributed by atoms with Crippen molar-refractivity contribution in [2.45, 2.75) is 12.0 Å². The second-order valence-electron chi connectivity index (χ2n) is 6.36. The molecule has 0 bridgehead atoms. The van der Waals surface area contributed by atoms with Gasteiger partial charge >= 0.3 is 0 Å². The molecule has 154 valence electrons. The topological polar surface area (TPSA) is 71.3 Å². The van der Waals surface area contributed by atoms with Crippen LogP contribution in [-0.2, 0) is 15.0 Å². The van der Waals surface area contributed by atoms with Crippen molar-refractivity contribution < 1.29 is 18.6 Å². The molecule has 29 heavy (non-hydrogen) atoms. The molecule has 2 aromatic heterocycles. The van der Waals surface area contributed by atoms with E-state index in [1.165, 1.54) is 0 Å². The summed E-state index contributed by atoms with van der Waals surface area (Å²) < 4.78 is 29.6. The number of pyridine rings is 1. The van der Waals surface area contributed by atoms with Crippen molar-refractivity contribution in [2.75, 3.05) is 39.7 Å². The lowest BCUT2D eigenvalue weighted by atomic mass is 9.90. The minimum Gasteiger partial charge on any atom is -0.475 e. The molecule has 1 aliphatic rings. The molecule has 0 amide bonds. The molecule has 1 atom stereocenters. The van der Waals surface area contributed by atoms with Crippen molar-refractivity contribution in [3.05, 3.63) is 66.7 Å². The summed E-state index contributed by atoms with van der Waals surface area (Å²) >= 11 is 0. The van der Waals surface area contributed by atoms with Crippen LogP contribution in [0.1, 0.15) is 12.0 Å². The van der Waals surface area contributed by atoms with Crippen LogP contribution in [0.15, 0.2) is 61.1 Å². The van der Waals surface area contributed by atoms with Gasteiger partial charge in [-0.05, 0) is 18.1 Å². The number of nitrogens with zero attached hydrogens (tertiary/aromatic N) is 4. The number of ether oxygens (including phenoxy) is 3. The fourth-order valence-corrected chi connectivity index (χ4v) is 2.82. The molecule has 2 heterocycles. The van der Waals surface area contributed by atoms with E-state index in [-0.39, 0.29) is 12.1 Å². The van der Waals surface area contributed by atoms with Crippen LogP contribution in [0.2, 0.25) is 0 Å². The number of allylic oxidation sites excluding steroid dienone is 5. The highest BCUT2D eigenvalue weighted by Crippen LogP contribution is 2.28.